The Morgan fingerprint density at radius 1 is 1.35 bits per heavy atom. The van der Waals surface area contributed by atoms with E-state index < -0.39 is 5.41 Å². The lowest BCUT2D eigenvalue weighted by Gasteiger charge is -2.24. The molecule has 2 N–H and O–H groups in total. The number of nitrogens with one attached hydrogen (secondary N) is 2. The van der Waals surface area contributed by atoms with Gasteiger partial charge in [-0.1, -0.05) is 30.3 Å². The summed E-state index contributed by atoms with van der Waals surface area (Å²) in [5.74, 6) is 0.108. The molecule has 0 saturated carbocycles. The van der Waals surface area contributed by atoms with Crippen molar-refractivity contribution in [1.29, 1.82) is 0 Å². The van der Waals surface area contributed by atoms with E-state index in [-0.39, 0.29) is 18.3 Å². The van der Waals surface area contributed by atoms with Crippen LogP contribution in [0.15, 0.2) is 30.3 Å². The maximum Gasteiger partial charge on any atom is 0.230 e. The van der Waals surface area contributed by atoms with Crippen LogP contribution in [-0.2, 0) is 10.2 Å². The lowest BCUT2D eigenvalue weighted by atomic mass is 9.84. The molecule has 20 heavy (non-hydrogen) atoms. The van der Waals surface area contributed by atoms with Crippen molar-refractivity contribution in [2.75, 3.05) is 13.1 Å². The van der Waals surface area contributed by atoms with Crippen molar-refractivity contribution in [2.45, 2.75) is 44.6 Å². The Morgan fingerprint density at radius 3 is 2.65 bits per heavy atom. The molecule has 4 heteroatoms. The molecule has 0 spiro atoms. The molecule has 0 unspecified atom stereocenters. The van der Waals surface area contributed by atoms with Crippen LogP contribution in [0.25, 0.3) is 0 Å². The maximum absolute atomic E-state index is 12.3. The molecule has 1 aromatic carbocycles. The zero-order valence-corrected chi connectivity index (χ0v) is 13.1. The Labute approximate surface area is 127 Å². The number of amides is 1. The minimum Gasteiger partial charge on any atom is -0.355 e. The predicted molar refractivity (Wildman–Crippen MR) is 85.4 cm³/mol. The lowest BCUT2D eigenvalue weighted by molar-refractivity contribution is -0.125. The van der Waals surface area contributed by atoms with Crippen molar-refractivity contribution in [2.24, 2.45) is 0 Å². The van der Waals surface area contributed by atoms with Gasteiger partial charge in [0, 0.05) is 12.6 Å². The van der Waals surface area contributed by atoms with E-state index in [1.54, 1.807) is 0 Å². The normalized spacial score (nSPS) is 18.4. The highest BCUT2D eigenvalue weighted by Gasteiger charge is 2.29. The highest BCUT2D eigenvalue weighted by atomic mass is 35.5. The summed E-state index contributed by atoms with van der Waals surface area (Å²) >= 11 is 0. The van der Waals surface area contributed by atoms with E-state index in [9.17, 15) is 4.79 Å². The molecule has 112 valence electrons. The third-order valence-electron chi connectivity index (χ3n) is 4.00. The SMILES string of the molecule is CC(C)(C(=O)NCC[C@H]1CCCN1)c1ccccc1.Cl. The highest BCUT2D eigenvalue weighted by Crippen LogP contribution is 2.22. The molecule has 1 amide bonds. The summed E-state index contributed by atoms with van der Waals surface area (Å²) in [6.45, 7) is 5.83. The Hall–Kier alpha value is -1.06. The topological polar surface area (TPSA) is 41.1 Å². The fourth-order valence-corrected chi connectivity index (χ4v) is 2.57. The van der Waals surface area contributed by atoms with E-state index in [1.807, 2.05) is 44.2 Å². The molecule has 0 radical (unpaired) electrons. The second kappa shape index (κ2) is 7.65. The van der Waals surface area contributed by atoms with Gasteiger partial charge in [0.05, 0.1) is 5.41 Å². The Bertz CT molecular complexity index is 414. The summed E-state index contributed by atoms with van der Waals surface area (Å²) in [6.07, 6.45) is 3.52. The molecular weight excluding hydrogens is 272 g/mol. The van der Waals surface area contributed by atoms with Crippen molar-refractivity contribution in [3.63, 3.8) is 0 Å². The lowest BCUT2D eigenvalue weighted by Crippen LogP contribution is -2.41. The standard InChI is InChI=1S/C16H24N2O.ClH/c1-16(2,13-7-4-3-5-8-13)15(19)18-12-10-14-9-6-11-17-14;/h3-5,7-8,14,17H,6,9-12H2,1-2H3,(H,18,19);1H/t14-;/m1./s1. The molecule has 0 aliphatic carbocycles. The Balaban J connectivity index is 0.00000200. The van der Waals surface area contributed by atoms with E-state index in [4.69, 9.17) is 0 Å². The van der Waals surface area contributed by atoms with Crippen LogP contribution in [0.3, 0.4) is 0 Å². The summed E-state index contributed by atoms with van der Waals surface area (Å²) in [5, 5.41) is 6.52. The average molecular weight is 297 g/mol. The monoisotopic (exact) mass is 296 g/mol. The van der Waals surface area contributed by atoms with Crippen LogP contribution in [-0.4, -0.2) is 25.0 Å². The van der Waals surface area contributed by atoms with Crippen molar-refractivity contribution in [1.82, 2.24) is 10.6 Å². The number of halogens is 1. The number of hydrogen-bond donors (Lipinski definition) is 2. The van der Waals surface area contributed by atoms with E-state index in [0.29, 0.717) is 6.04 Å². The van der Waals surface area contributed by atoms with Gasteiger partial charge < -0.3 is 10.6 Å². The smallest absolute Gasteiger partial charge is 0.230 e. The van der Waals surface area contributed by atoms with E-state index in [0.717, 1.165) is 25.1 Å². The van der Waals surface area contributed by atoms with Crippen LogP contribution in [0.1, 0.15) is 38.7 Å². The molecule has 1 aliphatic heterocycles. The first-order valence-corrected chi connectivity index (χ1v) is 7.18. The van der Waals surface area contributed by atoms with Crippen LogP contribution in [0.4, 0.5) is 0 Å². The summed E-state index contributed by atoms with van der Waals surface area (Å²) < 4.78 is 0. The van der Waals surface area contributed by atoms with Crippen LogP contribution in [0.5, 0.6) is 0 Å². The second-order valence-corrected chi connectivity index (χ2v) is 5.83. The molecule has 0 aromatic heterocycles. The van der Waals surface area contributed by atoms with Gasteiger partial charge in [-0.15, -0.1) is 12.4 Å². The average Bonchev–Trinajstić information content (AvgIpc) is 2.93. The third-order valence-corrected chi connectivity index (χ3v) is 4.00. The third kappa shape index (κ3) is 4.22. The minimum atomic E-state index is -0.468. The molecule has 1 fully saturated rings. The first-order valence-electron chi connectivity index (χ1n) is 7.18. The van der Waals surface area contributed by atoms with Gasteiger partial charge in [0.25, 0.3) is 0 Å². The van der Waals surface area contributed by atoms with Gasteiger partial charge in [-0.3, -0.25) is 4.79 Å². The molecule has 3 nitrogen and oxygen atoms in total. The molecule has 2 rings (SSSR count). The van der Waals surface area contributed by atoms with Gasteiger partial charge in [-0.2, -0.15) is 0 Å². The number of carbonyl (C=O) groups is 1. The summed E-state index contributed by atoms with van der Waals surface area (Å²) in [5.41, 5.74) is 0.594. The molecule has 1 aromatic rings. The quantitative estimate of drug-likeness (QED) is 0.877. The van der Waals surface area contributed by atoms with Crippen molar-refractivity contribution < 1.29 is 4.79 Å². The highest BCUT2D eigenvalue weighted by molar-refractivity contribution is 5.87. The molecule has 1 atom stereocenters. The number of carbonyl (C=O) groups excluding carboxylic acids is 1. The minimum absolute atomic E-state index is 0. The first-order chi connectivity index (χ1) is 9.10. The molecule has 1 aliphatic rings. The van der Waals surface area contributed by atoms with Crippen LogP contribution < -0.4 is 10.6 Å². The van der Waals surface area contributed by atoms with Crippen molar-refractivity contribution in [3.8, 4) is 0 Å². The van der Waals surface area contributed by atoms with Crippen molar-refractivity contribution in [3.05, 3.63) is 35.9 Å². The summed E-state index contributed by atoms with van der Waals surface area (Å²) in [7, 11) is 0. The van der Waals surface area contributed by atoms with E-state index in [1.165, 1.54) is 12.8 Å². The molecule has 1 saturated heterocycles. The molecule has 1 heterocycles. The van der Waals surface area contributed by atoms with Gasteiger partial charge in [-0.05, 0) is 45.2 Å². The Morgan fingerprint density at radius 2 is 2.05 bits per heavy atom. The van der Waals surface area contributed by atoms with Gasteiger partial charge in [0.2, 0.25) is 5.91 Å². The number of hydrogen-bond acceptors (Lipinski definition) is 2. The first kappa shape index (κ1) is 17.0. The fourth-order valence-electron chi connectivity index (χ4n) is 2.57. The largest absolute Gasteiger partial charge is 0.355 e. The molecule has 0 bridgehead atoms. The summed E-state index contributed by atoms with van der Waals surface area (Å²) in [6, 6.07) is 10.5. The van der Waals surface area contributed by atoms with E-state index in [2.05, 4.69) is 10.6 Å². The van der Waals surface area contributed by atoms with Gasteiger partial charge in [-0.25, -0.2) is 0 Å². The second-order valence-electron chi connectivity index (χ2n) is 5.83. The maximum atomic E-state index is 12.3. The number of rotatable bonds is 5. The zero-order valence-electron chi connectivity index (χ0n) is 12.3. The van der Waals surface area contributed by atoms with Crippen LogP contribution in [0, 0.1) is 0 Å². The Kier molecular flexibility index (Phi) is 6.50. The fraction of sp³-hybridized carbons (Fsp3) is 0.562. The van der Waals surface area contributed by atoms with Crippen molar-refractivity contribution >= 4 is 18.3 Å². The summed E-state index contributed by atoms with van der Waals surface area (Å²) in [4.78, 5) is 12.3. The molecular formula is C16H25ClN2O. The van der Waals surface area contributed by atoms with Gasteiger partial charge in [0.1, 0.15) is 0 Å². The van der Waals surface area contributed by atoms with Crippen LogP contribution in [0.2, 0.25) is 0 Å². The predicted octanol–water partition coefficient (Wildman–Crippen LogP) is 2.64. The zero-order chi connectivity index (χ0) is 13.7. The number of benzene rings is 1. The van der Waals surface area contributed by atoms with Crippen LogP contribution >= 0.6 is 12.4 Å². The van der Waals surface area contributed by atoms with Gasteiger partial charge >= 0.3 is 0 Å². The van der Waals surface area contributed by atoms with E-state index >= 15 is 0 Å². The van der Waals surface area contributed by atoms with Gasteiger partial charge in [0.15, 0.2) is 0 Å².